The van der Waals surface area contributed by atoms with Crippen molar-refractivity contribution in [3.8, 4) is 5.75 Å². The van der Waals surface area contributed by atoms with Gasteiger partial charge in [-0.25, -0.2) is 0 Å². The van der Waals surface area contributed by atoms with Gasteiger partial charge in [0.2, 0.25) is 0 Å². The number of benzene rings is 1. The number of hydrogen-bond acceptors (Lipinski definition) is 2. The first kappa shape index (κ1) is 17.1. The van der Waals surface area contributed by atoms with Gasteiger partial charge in [0.05, 0.1) is 13.5 Å². The summed E-state index contributed by atoms with van der Waals surface area (Å²) in [5, 5.41) is 5.60. The molecule has 0 heterocycles. The smallest absolute Gasteiger partial charge is 0.390 e. The zero-order valence-electron chi connectivity index (χ0n) is 12.1. The Balaban J connectivity index is 2.36. The second-order valence-electron chi connectivity index (χ2n) is 4.35. The maximum atomic E-state index is 12.1. The molecule has 4 nitrogen and oxygen atoms in total. The molecule has 1 rings (SSSR count). The molecular formula is C14H20F3N3O. The molecule has 0 aliphatic heterocycles. The molecule has 0 aromatic heterocycles. The third-order valence-corrected chi connectivity index (χ3v) is 2.80. The zero-order chi connectivity index (χ0) is 15.7. The van der Waals surface area contributed by atoms with Crippen molar-refractivity contribution in [2.24, 2.45) is 4.99 Å². The third-order valence-electron chi connectivity index (χ3n) is 2.80. The van der Waals surface area contributed by atoms with Crippen LogP contribution in [0, 0.1) is 0 Å². The Morgan fingerprint density at radius 1 is 1.19 bits per heavy atom. The Bertz CT molecular complexity index is 461. The lowest BCUT2D eigenvalue weighted by molar-refractivity contribution is -0.132. The van der Waals surface area contributed by atoms with Crippen LogP contribution in [0.25, 0.3) is 0 Å². The fourth-order valence-corrected chi connectivity index (χ4v) is 1.77. The number of methoxy groups -OCH3 is 1. The van der Waals surface area contributed by atoms with Gasteiger partial charge < -0.3 is 15.4 Å². The number of rotatable bonds is 6. The summed E-state index contributed by atoms with van der Waals surface area (Å²) in [6.07, 6.45) is -4.37. The number of nitrogens with zero attached hydrogens (tertiary/aromatic N) is 1. The van der Waals surface area contributed by atoms with Gasteiger partial charge >= 0.3 is 6.18 Å². The minimum absolute atomic E-state index is 0.197. The van der Waals surface area contributed by atoms with Crippen molar-refractivity contribution in [2.75, 3.05) is 27.2 Å². The largest absolute Gasteiger partial charge is 0.496 e. The zero-order valence-corrected chi connectivity index (χ0v) is 12.1. The highest BCUT2D eigenvalue weighted by molar-refractivity contribution is 5.79. The number of guanidine groups is 1. The van der Waals surface area contributed by atoms with Gasteiger partial charge in [-0.05, 0) is 18.1 Å². The molecule has 0 saturated heterocycles. The van der Waals surface area contributed by atoms with Crippen molar-refractivity contribution >= 4 is 5.96 Å². The summed E-state index contributed by atoms with van der Waals surface area (Å²) in [5.41, 5.74) is 1.03. The molecule has 1 aromatic carbocycles. The SMILES string of the molecule is CN=C(NCCc1ccccc1OC)NCCC(F)(F)F. The molecule has 21 heavy (non-hydrogen) atoms. The van der Waals surface area contributed by atoms with Crippen molar-refractivity contribution in [1.82, 2.24) is 10.6 Å². The van der Waals surface area contributed by atoms with Crippen LogP contribution in [0.15, 0.2) is 29.3 Å². The van der Waals surface area contributed by atoms with Crippen molar-refractivity contribution in [1.29, 1.82) is 0 Å². The highest BCUT2D eigenvalue weighted by atomic mass is 19.4. The molecule has 0 spiro atoms. The summed E-state index contributed by atoms with van der Waals surface area (Å²) >= 11 is 0. The average Bonchev–Trinajstić information content (AvgIpc) is 2.45. The molecular weight excluding hydrogens is 283 g/mol. The highest BCUT2D eigenvalue weighted by Gasteiger charge is 2.26. The van der Waals surface area contributed by atoms with E-state index in [0.29, 0.717) is 18.9 Å². The molecule has 0 atom stereocenters. The Hall–Kier alpha value is -1.92. The van der Waals surface area contributed by atoms with Gasteiger partial charge in [-0.15, -0.1) is 0 Å². The fraction of sp³-hybridized carbons (Fsp3) is 0.500. The van der Waals surface area contributed by atoms with E-state index in [2.05, 4.69) is 15.6 Å². The van der Waals surface area contributed by atoms with Gasteiger partial charge in [-0.2, -0.15) is 13.2 Å². The van der Waals surface area contributed by atoms with Gasteiger partial charge in [0.15, 0.2) is 5.96 Å². The van der Waals surface area contributed by atoms with Gasteiger partial charge in [0.25, 0.3) is 0 Å². The van der Waals surface area contributed by atoms with Gasteiger partial charge in [0, 0.05) is 20.1 Å². The van der Waals surface area contributed by atoms with E-state index >= 15 is 0 Å². The van der Waals surface area contributed by atoms with Crippen molar-refractivity contribution in [2.45, 2.75) is 19.0 Å². The first-order valence-corrected chi connectivity index (χ1v) is 6.59. The molecule has 1 aromatic rings. The number of para-hydroxylation sites is 1. The number of hydrogen-bond donors (Lipinski definition) is 2. The summed E-state index contributed by atoms with van der Waals surface area (Å²) in [6, 6.07) is 7.60. The second-order valence-corrected chi connectivity index (χ2v) is 4.35. The molecule has 0 amide bonds. The van der Waals surface area contributed by atoms with Crippen LogP contribution in [0.2, 0.25) is 0 Å². The van der Waals surface area contributed by atoms with E-state index in [0.717, 1.165) is 11.3 Å². The lowest BCUT2D eigenvalue weighted by Crippen LogP contribution is -2.39. The van der Waals surface area contributed by atoms with Crippen LogP contribution in [0.1, 0.15) is 12.0 Å². The molecule has 0 aliphatic carbocycles. The van der Waals surface area contributed by atoms with Crippen LogP contribution in [0.3, 0.4) is 0 Å². The van der Waals surface area contributed by atoms with E-state index < -0.39 is 12.6 Å². The Morgan fingerprint density at radius 2 is 1.86 bits per heavy atom. The monoisotopic (exact) mass is 303 g/mol. The highest BCUT2D eigenvalue weighted by Crippen LogP contribution is 2.18. The number of halogens is 3. The van der Waals surface area contributed by atoms with Crippen LogP contribution in [-0.2, 0) is 6.42 Å². The topological polar surface area (TPSA) is 45.7 Å². The van der Waals surface area contributed by atoms with E-state index in [-0.39, 0.29) is 6.54 Å². The van der Waals surface area contributed by atoms with E-state index in [1.807, 2.05) is 24.3 Å². The predicted octanol–water partition coefficient (Wildman–Crippen LogP) is 2.36. The van der Waals surface area contributed by atoms with Gasteiger partial charge in [0.1, 0.15) is 5.75 Å². The molecule has 0 saturated carbocycles. The van der Waals surface area contributed by atoms with E-state index in [4.69, 9.17) is 4.74 Å². The lowest BCUT2D eigenvalue weighted by atomic mass is 10.1. The predicted molar refractivity (Wildman–Crippen MR) is 76.7 cm³/mol. The maximum absolute atomic E-state index is 12.1. The summed E-state index contributed by atoms with van der Waals surface area (Å²) in [6.45, 7) is 0.351. The van der Waals surface area contributed by atoms with Crippen LogP contribution in [0.5, 0.6) is 5.75 Å². The Kier molecular flexibility index (Phi) is 6.84. The third kappa shape index (κ3) is 6.87. The molecule has 0 radical (unpaired) electrons. The molecule has 0 fully saturated rings. The summed E-state index contributed by atoms with van der Waals surface area (Å²) in [5.74, 6) is 1.15. The molecule has 118 valence electrons. The van der Waals surface area contributed by atoms with Crippen molar-refractivity contribution in [3.63, 3.8) is 0 Å². The summed E-state index contributed by atoms with van der Waals surface area (Å²) < 4.78 is 41.4. The van der Waals surface area contributed by atoms with E-state index in [9.17, 15) is 13.2 Å². The maximum Gasteiger partial charge on any atom is 0.390 e. The van der Waals surface area contributed by atoms with Crippen LogP contribution < -0.4 is 15.4 Å². The quantitative estimate of drug-likeness (QED) is 0.626. The fourth-order valence-electron chi connectivity index (χ4n) is 1.77. The number of ether oxygens (including phenoxy) is 1. The van der Waals surface area contributed by atoms with Crippen LogP contribution in [-0.4, -0.2) is 39.4 Å². The molecule has 0 unspecified atom stereocenters. The van der Waals surface area contributed by atoms with Crippen LogP contribution >= 0.6 is 0 Å². The van der Waals surface area contributed by atoms with Crippen LogP contribution in [0.4, 0.5) is 13.2 Å². The number of nitrogens with one attached hydrogen (secondary N) is 2. The van der Waals surface area contributed by atoms with Gasteiger partial charge in [-0.3, -0.25) is 4.99 Å². The number of alkyl halides is 3. The molecule has 7 heteroatoms. The first-order valence-electron chi connectivity index (χ1n) is 6.59. The summed E-state index contributed by atoms with van der Waals surface area (Å²) in [7, 11) is 3.12. The average molecular weight is 303 g/mol. The first-order chi connectivity index (χ1) is 9.96. The van der Waals surface area contributed by atoms with E-state index in [1.165, 1.54) is 7.05 Å². The molecule has 0 aliphatic rings. The summed E-state index contributed by atoms with van der Waals surface area (Å²) in [4.78, 5) is 3.88. The second kappa shape index (κ2) is 8.39. The standard InChI is InChI=1S/C14H20F3N3O/c1-18-13(20-10-8-14(15,16)17)19-9-7-11-5-3-4-6-12(11)21-2/h3-6H,7-10H2,1-2H3,(H2,18,19,20). The van der Waals surface area contributed by atoms with Crippen molar-refractivity contribution < 1.29 is 17.9 Å². The number of aliphatic imine (C=N–C) groups is 1. The molecule has 2 N–H and O–H groups in total. The lowest BCUT2D eigenvalue weighted by Gasteiger charge is -2.13. The Morgan fingerprint density at radius 3 is 2.48 bits per heavy atom. The molecule has 0 bridgehead atoms. The minimum Gasteiger partial charge on any atom is -0.496 e. The van der Waals surface area contributed by atoms with Gasteiger partial charge in [-0.1, -0.05) is 18.2 Å². The van der Waals surface area contributed by atoms with E-state index in [1.54, 1.807) is 7.11 Å². The Labute approximate surface area is 122 Å². The normalized spacial score (nSPS) is 12.1. The van der Waals surface area contributed by atoms with Crippen molar-refractivity contribution in [3.05, 3.63) is 29.8 Å². The minimum atomic E-state index is -4.16.